The van der Waals surface area contributed by atoms with E-state index in [1.54, 1.807) is 37.4 Å². The van der Waals surface area contributed by atoms with E-state index in [0.29, 0.717) is 17.8 Å². The number of rotatable bonds is 4. The lowest BCUT2D eigenvalue weighted by Crippen LogP contribution is -2.31. The van der Waals surface area contributed by atoms with Gasteiger partial charge in [0.2, 0.25) is 0 Å². The summed E-state index contributed by atoms with van der Waals surface area (Å²) in [5, 5.41) is 10.1. The van der Waals surface area contributed by atoms with Gasteiger partial charge in [0.15, 0.2) is 6.10 Å². The number of likely N-dealkylation sites (N-methyl/N-ethyl adjacent to an activating group) is 1. The molecule has 0 radical (unpaired) electrons. The fraction of sp³-hybridized carbons (Fsp3) is 0.188. The summed E-state index contributed by atoms with van der Waals surface area (Å²) in [5.74, 6) is -0.348. The van der Waals surface area contributed by atoms with Crippen molar-refractivity contribution in [3.63, 3.8) is 0 Å². The molecule has 2 aromatic carbocycles. The highest BCUT2D eigenvalue weighted by atomic mass is 16.3. The molecule has 0 aliphatic rings. The molecule has 0 aliphatic heterocycles. The fourth-order valence-corrected chi connectivity index (χ4v) is 2.00. The Labute approximate surface area is 118 Å². The molecule has 0 aromatic heterocycles. The third kappa shape index (κ3) is 3.16. The normalized spacial score (nSPS) is 11.9. The van der Waals surface area contributed by atoms with Crippen molar-refractivity contribution in [2.45, 2.75) is 12.6 Å². The molecule has 0 saturated carbocycles. The van der Waals surface area contributed by atoms with Crippen molar-refractivity contribution in [3.8, 4) is 0 Å². The second kappa shape index (κ2) is 6.21. The number of hydrogen-bond acceptors (Lipinski definition) is 3. The van der Waals surface area contributed by atoms with Gasteiger partial charge < -0.3 is 15.7 Å². The fourth-order valence-electron chi connectivity index (χ4n) is 2.00. The van der Waals surface area contributed by atoms with Gasteiger partial charge in [0.1, 0.15) is 0 Å². The number of aliphatic hydroxyl groups is 1. The zero-order chi connectivity index (χ0) is 14.5. The van der Waals surface area contributed by atoms with Gasteiger partial charge in [-0.05, 0) is 17.2 Å². The van der Waals surface area contributed by atoms with E-state index in [-0.39, 0.29) is 5.91 Å². The first kappa shape index (κ1) is 14.1. The first-order valence-electron chi connectivity index (χ1n) is 6.41. The van der Waals surface area contributed by atoms with Crippen LogP contribution in [0.3, 0.4) is 0 Å². The van der Waals surface area contributed by atoms with E-state index >= 15 is 0 Å². The van der Waals surface area contributed by atoms with E-state index < -0.39 is 6.10 Å². The Balaban J connectivity index is 2.08. The molecule has 1 atom stereocenters. The van der Waals surface area contributed by atoms with Crippen LogP contribution < -0.4 is 5.73 Å². The molecule has 2 rings (SSSR count). The minimum Gasteiger partial charge on any atom is -0.398 e. The zero-order valence-corrected chi connectivity index (χ0v) is 11.4. The lowest BCUT2D eigenvalue weighted by Gasteiger charge is -2.21. The molecular formula is C16H18N2O2. The van der Waals surface area contributed by atoms with Gasteiger partial charge in [-0.15, -0.1) is 0 Å². The van der Waals surface area contributed by atoms with Crippen molar-refractivity contribution in [2.75, 3.05) is 12.8 Å². The van der Waals surface area contributed by atoms with Gasteiger partial charge in [0, 0.05) is 19.3 Å². The average Bonchev–Trinajstić information content (AvgIpc) is 2.49. The highest BCUT2D eigenvalue weighted by molar-refractivity contribution is 5.82. The highest BCUT2D eigenvalue weighted by Crippen LogP contribution is 2.18. The van der Waals surface area contributed by atoms with Gasteiger partial charge in [0.25, 0.3) is 5.91 Å². The van der Waals surface area contributed by atoms with E-state index in [4.69, 9.17) is 5.73 Å². The van der Waals surface area contributed by atoms with Gasteiger partial charge >= 0.3 is 0 Å². The van der Waals surface area contributed by atoms with Crippen LogP contribution in [-0.2, 0) is 11.3 Å². The van der Waals surface area contributed by atoms with Crippen molar-refractivity contribution in [1.29, 1.82) is 0 Å². The van der Waals surface area contributed by atoms with Gasteiger partial charge in [-0.1, -0.05) is 48.5 Å². The molecule has 4 nitrogen and oxygen atoms in total. The number of anilines is 1. The van der Waals surface area contributed by atoms with Crippen molar-refractivity contribution in [3.05, 3.63) is 65.7 Å². The highest BCUT2D eigenvalue weighted by Gasteiger charge is 2.21. The van der Waals surface area contributed by atoms with Crippen LogP contribution in [0.25, 0.3) is 0 Å². The minimum absolute atomic E-state index is 0.348. The molecular weight excluding hydrogens is 252 g/mol. The van der Waals surface area contributed by atoms with Gasteiger partial charge in [-0.2, -0.15) is 0 Å². The summed E-state index contributed by atoms with van der Waals surface area (Å²) in [6.07, 6.45) is -1.15. The monoisotopic (exact) mass is 270 g/mol. The smallest absolute Gasteiger partial charge is 0.256 e. The van der Waals surface area contributed by atoms with Crippen LogP contribution in [0.15, 0.2) is 54.6 Å². The van der Waals surface area contributed by atoms with E-state index in [1.165, 1.54) is 4.90 Å². The molecule has 0 saturated heterocycles. The number of hydrogen-bond donors (Lipinski definition) is 2. The van der Waals surface area contributed by atoms with Crippen LogP contribution in [-0.4, -0.2) is 23.0 Å². The van der Waals surface area contributed by atoms with E-state index in [0.717, 1.165) is 5.56 Å². The van der Waals surface area contributed by atoms with Crippen LogP contribution in [0.5, 0.6) is 0 Å². The molecule has 0 spiro atoms. The number of para-hydroxylation sites is 1. The maximum atomic E-state index is 12.2. The van der Waals surface area contributed by atoms with Crippen LogP contribution in [0.4, 0.5) is 5.69 Å². The number of aliphatic hydroxyl groups excluding tert-OH is 1. The van der Waals surface area contributed by atoms with Gasteiger partial charge in [0.05, 0.1) is 0 Å². The van der Waals surface area contributed by atoms with Crippen LogP contribution in [0, 0.1) is 0 Å². The Kier molecular flexibility index (Phi) is 4.38. The third-order valence-electron chi connectivity index (χ3n) is 3.19. The lowest BCUT2D eigenvalue weighted by molar-refractivity contribution is -0.139. The summed E-state index contributed by atoms with van der Waals surface area (Å²) >= 11 is 0. The van der Waals surface area contributed by atoms with Crippen molar-refractivity contribution >= 4 is 11.6 Å². The van der Waals surface area contributed by atoms with Crippen LogP contribution in [0.1, 0.15) is 17.2 Å². The lowest BCUT2D eigenvalue weighted by atomic mass is 10.1. The van der Waals surface area contributed by atoms with Crippen LogP contribution >= 0.6 is 0 Å². The Hall–Kier alpha value is -2.33. The second-order valence-corrected chi connectivity index (χ2v) is 4.71. The van der Waals surface area contributed by atoms with Crippen molar-refractivity contribution < 1.29 is 9.90 Å². The number of benzene rings is 2. The predicted octanol–water partition coefficient (Wildman–Crippen LogP) is 1.96. The number of carbonyl (C=O) groups excluding carboxylic acids is 1. The van der Waals surface area contributed by atoms with Gasteiger partial charge in [-0.3, -0.25) is 4.79 Å². The number of amides is 1. The quantitative estimate of drug-likeness (QED) is 0.835. The zero-order valence-electron chi connectivity index (χ0n) is 11.4. The first-order valence-corrected chi connectivity index (χ1v) is 6.41. The van der Waals surface area contributed by atoms with E-state index in [2.05, 4.69) is 0 Å². The molecule has 3 N–H and O–H groups in total. The summed E-state index contributed by atoms with van der Waals surface area (Å²) in [5.41, 5.74) is 7.95. The average molecular weight is 270 g/mol. The summed E-state index contributed by atoms with van der Waals surface area (Å²) in [7, 11) is 1.65. The second-order valence-electron chi connectivity index (χ2n) is 4.71. The molecule has 0 fully saturated rings. The molecule has 0 bridgehead atoms. The third-order valence-corrected chi connectivity index (χ3v) is 3.19. The van der Waals surface area contributed by atoms with Crippen molar-refractivity contribution in [2.24, 2.45) is 0 Å². The summed E-state index contributed by atoms with van der Waals surface area (Å²) in [4.78, 5) is 13.7. The Bertz CT molecular complexity index is 584. The largest absolute Gasteiger partial charge is 0.398 e. The summed E-state index contributed by atoms with van der Waals surface area (Å²) in [6, 6.07) is 16.3. The Morgan fingerprint density at radius 3 is 2.40 bits per heavy atom. The summed E-state index contributed by atoms with van der Waals surface area (Å²) < 4.78 is 0. The van der Waals surface area contributed by atoms with Crippen molar-refractivity contribution in [1.82, 2.24) is 4.90 Å². The molecule has 0 heterocycles. The maximum absolute atomic E-state index is 12.2. The molecule has 20 heavy (non-hydrogen) atoms. The Morgan fingerprint density at radius 2 is 1.75 bits per heavy atom. The number of nitrogens with zero attached hydrogens (tertiary/aromatic N) is 1. The van der Waals surface area contributed by atoms with E-state index in [1.807, 2.05) is 24.3 Å². The molecule has 0 aliphatic carbocycles. The number of nitrogen functional groups attached to an aromatic ring is 1. The topological polar surface area (TPSA) is 66.6 Å². The molecule has 1 amide bonds. The standard InChI is InChI=1S/C16H18N2O2/c1-18(11-13-9-5-6-10-14(13)17)16(20)15(19)12-7-3-2-4-8-12/h2-10,15,19H,11,17H2,1H3. The molecule has 4 heteroatoms. The predicted molar refractivity (Wildman–Crippen MR) is 78.7 cm³/mol. The molecule has 1 unspecified atom stereocenters. The Morgan fingerprint density at radius 1 is 1.15 bits per heavy atom. The molecule has 104 valence electrons. The van der Waals surface area contributed by atoms with Gasteiger partial charge in [-0.25, -0.2) is 0 Å². The maximum Gasteiger partial charge on any atom is 0.256 e. The van der Waals surface area contributed by atoms with E-state index in [9.17, 15) is 9.90 Å². The summed E-state index contributed by atoms with van der Waals surface area (Å²) in [6.45, 7) is 0.370. The molecule has 2 aromatic rings. The number of carbonyl (C=O) groups is 1. The SMILES string of the molecule is CN(Cc1ccccc1N)C(=O)C(O)c1ccccc1. The van der Waals surface area contributed by atoms with Crippen LogP contribution in [0.2, 0.25) is 0 Å². The minimum atomic E-state index is -1.15. The first-order chi connectivity index (χ1) is 9.59. The number of nitrogens with two attached hydrogens (primary N) is 1.